The Bertz CT molecular complexity index is 1400. The number of hydroxylamine groups is 2. The molecule has 2 heterocycles. The smallest absolute Gasteiger partial charge is 0.485 e. The topological polar surface area (TPSA) is 94.0 Å². The summed E-state index contributed by atoms with van der Waals surface area (Å²) in [5.41, 5.74) is 3.29. The van der Waals surface area contributed by atoms with Gasteiger partial charge in [-0.2, -0.15) is 5.16 Å². The molecule has 9 heteroatoms. The molecule has 36 heavy (non-hydrogen) atoms. The second-order valence-corrected chi connectivity index (χ2v) is 8.69. The van der Waals surface area contributed by atoms with Gasteiger partial charge in [-0.3, -0.25) is 4.79 Å². The lowest BCUT2D eigenvalue weighted by molar-refractivity contribution is -0.152. The molecule has 1 unspecified atom stereocenters. The first kappa shape index (κ1) is 23.7. The number of hydrogen-bond donors (Lipinski definition) is 1. The van der Waals surface area contributed by atoms with Gasteiger partial charge in [-0.05, 0) is 41.3 Å². The third-order valence-electron chi connectivity index (χ3n) is 5.84. The summed E-state index contributed by atoms with van der Waals surface area (Å²) in [5.74, 6) is 0.860. The largest absolute Gasteiger partial charge is 0.528 e. The van der Waals surface area contributed by atoms with Gasteiger partial charge in [0, 0.05) is 17.1 Å². The van der Waals surface area contributed by atoms with Crippen LogP contribution in [0.15, 0.2) is 88.2 Å². The number of carbonyl (C=O) groups is 1. The van der Waals surface area contributed by atoms with Crippen molar-refractivity contribution in [3.63, 3.8) is 0 Å². The highest BCUT2D eigenvalue weighted by Gasteiger charge is 2.34. The lowest BCUT2D eigenvalue weighted by Gasteiger charge is -2.36. The van der Waals surface area contributed by atoms with E-state index in [1.807, 2.05) is 54.6 Å². The Morgan fingerprint density at radius 2 is 1.81 bits per heavy atom. The summed E-state index contributed by atoms with van der Waals surface area (Å²) in [6.07, 6.45) is -0.119. The van der Waals surface area contributed by atoms with Crippen molar-refractivity contribution in [2.45, 2.75) is 25.7 Å². The number of ether oxygens (including phenoxy) is 2. The van der Waals surface area contributed by atoms with E-state index >= 15 is 0 Å². The maximum Gasteiger partial charge on any atom is 0.528 e. The molecule has 0 fully saturated rings. The van der Waals surface area contributed by atoms with Gasteiger partial charge in [-0.25, -0.2) is 4.79 Å². The van der Waals surface area contributed by atoms with Gasteiger partial charge in [0.25, 0.3) is 5.56 Å². The Balaban J connectivity index is 1.42. The van der Waals surface area contributed by atoms with Crippen LogP contribution in [0.3, 0.4) is 0 Å². The van der Waals surface area contributed by atoms with Gasteiger partial charge in [0.1, 0.15) is 19.0 Å². The number of nitrogens with one attached hydrogen (secondary N) is 1. The lowest BCUT2D eigenvalue weighted by Crippen LogP contribution is -2.38. The number of nitrogens with zero attached hydrogens (tertiary/aromatic N) is 1. The highest BCUT2D eigenvalue weighted by Crippen LogP contribution is 2.41. The minimum atomic E-state index is -0.804. The normalized spacial score (nSPS) is 15.2. The zero-order valence-corrected chi connectivity index (χ0v) is 19.9. The van der Waals surface area contributed by atoms with Crippen LogP contribution in [0.4, 0.5) is 4.79 Å². The third-order valence-corrected chi connectivity index (χ3v) is 6.08. The summed E-state index contributed by atoms with van der Waals surface area (Å²) in [6.45, 7) is 0.574. The van der Waals surface area contributed by atoms with E-state index in [9.17, 15) is 9.59 Å². The molecule has 1 N–H and O–H groups in total. The summed E-state index contributed by atoms with van der Waals surface area (Å²) in [7, 11) is 0. The fourth-order valence-corrected chi connectivity index (χ4v) is 4.39. The molecule has 0 spiro atoms. The van der Waals surface area contributed by atoms with Crippen molar-refractivity contribution in [2.24, 2.45) is 0 Å². The zero-order chi connectivity index (χ0) is 24.9. The zero-order valence-electron chi connectivity index (χ0n) is 19.2. The molecule has 0 saturated carbocycles. The van der Waals surface area contributed by atoms with E-state index in [4.69, 9.17) is 30.4 Å². The molecule has 0 amide bonds. The van der Waals surface area contributed by atoms with Crippen LogP contribution in [0.1, 0.15) is 34.1 Å². The summed E-state index contributed by atoms with van der Waals surface area (Å²) in [6, 6.07) is 23.4. The third kappa shape index (κ3) is 5.45. The van der Waals surface area contributed by atoms with Crippen LogP contribution >= 0.6 is 11.6 Å². The van der Waals surface area contributed by atoms with Crippen molar-refractivity contribution >= 4 is 17.8 Å². The summed E-state index contributed by atoms with van der Waals surface area (Å²) < 4.78 is 16.5. The van der Waals surface area contributed by atoms with Crippen molar-refractivity contribution < 1.29 is 23.6 Å². The van der Waals surface area contributed by atoms with Crippen LogP contribution in [0.25, 0.3) is 0 Å². The SMILES string of the molecule is O=C(OCc1ccccc1)ON1CCc2ccccc2C1c1cc(Cl)ccc1OCc1cc(=O)[nH]o1. The van der Waals surface area contributed by atoms with E-state index in [0.717, 1.165) is 16.7 Å². The number of aromatic amines is 1. The first-order chi connectivity index (χ1) is 17.6. The summed E-state index contributed by atoms with van der Waals surface area (Å²) in [4.78, 5) is 29.8. The molecule has 0 radical (unpaired) electrons. The molecular weight excluding hydrogens is 484 g/mol. The number of halogens is 1. The molecule has 0 saturated heterocycles. The van der Waals surface area contributed by atoms with Crippen LogP contribution in [-0.4, -0.2) is 22.9 Å². The highest BCUT2D eigenvalue weighted by atomic mass is 35.5. The van der Waals surface area contributed by atoms with E-state index in [0.29, 0.717) is 35.1 Å². The van der Waals surface area contributed by atoms with Crippen molar-refractivity contribution in [2.75, 3.05) is 6.54 Å². The van der Waals surface area contributed by atoms with Crippen molar-refractivity contribution in [1.29, 1.82) is 0 Å². The van der Waals surface area contributed by atoms with E-state index in [1.54, 1.807) is 23.3 Å². The quantitative estimate of drug-likeness (QED) is 0.335. The number of fused-ring (bicyclic) bond motifs is 1. The fourth-order valence-electron chi connectivity index (χ4n) is 4.21. The Labute approximate surface area is 211 Å². The Morgan fingerprint density at radius 1 is 1.00 bits per heavy atom. The summed E-state index contributed by atoms with van der Waals surface area (Å²) >= 11 is 6.38. The van der Waals surface area contributed by atoms with Gasteiger partial charge in [0.05, 0.1) is 12.1 Å². The fraction of sp³-hybridized carbons (Fsp3) is 0.185. The first-order valence-corrected chi connectivity index (χ1v) is 11.8. The molecule has 1 atom stereocenters. The molecule has 1 aromatic heterocycles. The Hall–Kier alpha value is -4.01. The Morgan fingerprint density at radius 3 is 2.61 bits per heavy atom. The molecule has 1 aliphatic heterocycles. The Kier molecular flexibility index (Phi) is 7.06. The average molecular weight is 507 g/mol. The highest BCUT2D eigenvalue weighted by molar-refractivity contribution is 6.30. The van der Waals surface area contributed by atoms with Gasteiger partial charge in [0.2, 0.25) is 0 Å². The maximum atomic E-state index is 12.6. The average Bonchev–Trinajstić information content (AvgIpc) is 3.32. The number of hydrogen-bond acceptors (Lipinski definition) is 7. The number of aromatic nitrogens is 1. The monoisotopic (exact) mass is 506 g/mol. The maximum absolute atomic E-state index is 12.6. The predicted octanol–water partition coefficient (Wildman–Crippen LogP) is 5.42. The van der Waals surface area contributed by atoms with Gasteiger partial charge < -0.3 is 18.8 Å². The number of H-pyrrole nitrogens is 1. The summed E-state index contributed by atoms with van der Waals surface area (Å²) in [5, 5.41) is 4.33. The van der Waals surface area contributed by atoms with Crippen LogP contribution in [-0.2, 0) is 29.2 Å². The van der Waals surface area contributed by atoms with Crippen LogP contribution in [0.5, 0.6) is 5.75 Å². The minimum Gasteiger partial charge on any atom is -0.485 e. The lowest BCUT2D eigenvalue weighted by atomic mass is 9.89. The number of rotatable bonds is 7. The standard InChI is InChI=1S/C27H23ClN2O6/c28-20-10-11-24(33-17-21-15-25(31)29-35-21)23(14-20)26-22-9-5-4-8-19(22)12-13-30(26)36-27(32)34-16-18-6-2-1-3-7-18/h1-11,14-15,26H,12-13,16-17H2,(H,29,31). The van der Waals surface area contributed by atoms with Gasteiger partial charge in [-0.15, -0.1) is 5.06 Å². The molecule has 1 aliphatic rings. The molecule has 0 bridgehead atoms. The minimum absolute atomic E-state index is 0.0295. The molecule has 4 aromatic rings. The van der Waals surface area contributed by atoms with Crippen LogP contribution in [0.2, 0.25) is 5.02 Å². The first-order valence-electron chi connectivity index (χ1n) is 11.4. The molecule has 8 nitrogen and oxygen atoms in total. The molecule has 5 rings (SSSR count). The number of benzene rings is 3. The van der Waals surface area contributed by atoms with E-state index in [2.05, 4.69) is 5.16 Å². The second-order valence-electron chi connectivity index (χ2n) is 8.26. The molecule has 184 valence electrons. The van der Waals surface area contributed by atoms with Crippen molar-refractivity contribution in [3.8, 4) is 5.75 Å². The van der Waals surface area contributed by atoms with E-state index < -0.39 is 12.2 Å². The van der Waals surface area contributed by atoms with Crippen molar-refractivity contribution in [3.05, 3.63) is 122 Å². The van der Waals surface area contributed by atoms with Gasteiger partial charge >= 0.3 is 6.16 Å². The molecule has 0 aliphatic carbocycles. The molecule has 3 aromatic carbocycles. The van der Waals surface area contributed by atoms with Crippen LogP contribution < -0.4 is 10.3 Å². The number of carbonyl (C=O) groups excluding carboxylic acids is 1. The van der Waals surface area contributed by atoms with Gasteiger partial charge in [-0.1, -0.05) is 66.2 Å². The van der Waals surface area contributed by atoms with Gasteiger partial charge in [0.15, 0.2) is 5.76 Å². The van der Waals surface area contributed by atoms with E-state index in [1.165, 1.54) is 6.07 Å². The van der Waals surface area contributed by atoms with Crippen molar-refractivity contribution in [1.82, 2.24) is 10.2 Å². The molecular formula is C27H23ClN2O6. The van der Waals surface area contributed by atoms with Crippen LogP contribution in [0, 0.1) is 0 Å². The van der Waals surface area contributed by atoms with E-state index in [-0.39, 0.29) is 18.8 Å². The predicted molar refractivity (Wildman–Crippen MR) is 132 cm³/mol. The second kappa shape index (κ2) is 10.7.